The number of aliphatic hydroxyl groups excluding tert-OH is 8. The number of amides is 2. The van der Waals surface area contributed by atoms with Crippen molar-refractivity contribution in [2.45, 2.75) is 66.0 Å². The van der Waals surface area contributed by atoms with Gasteiger partial charge in [-0.2, -0.15) is 0 Å². The summed E-state index contributed by atoms with van der Waals surface area (Å²) in [6.45, 7) is 14.2. The second kappa shape index (κ2) is 17.8. The smallest absolute Gasteiger partial charge is 0.242 e. The van der Waals surface area contributed by atoms with E-state index in [-0.39, 0.29) is 25.7 Å². The number of rotatable bonds is 12. The fourth-order valence-corrected chi connectivity index (χ4v) is 7.92. The number of hydrogen-bond donors (Lipinski definition) is 12. The van der Waals surface area contributed by atoms with Crippen LogP contribution in [0.15, 0.2) is 83.4 Å². The summed E-state index contributed by atoms with van der Waals surface area (Å²) in [7, 11) is 0. The molecule has 0 saturated carbocycles. The van der Waals surface area contributed by atoms with Crippen LogP contribution in [0.25, 0.3) is 56.5 Å². The van der Waals surface area contributed by atoms with E-state index in [0.29, 0.717) is 33.9 Å². The van der Waals surface area contributed by atoms with Gasteiger partial charge in [-0.15, -0.1) is 0 Å². The number of fused-ring (bicyclic) bond motifs is 8. The van der Waals surface area contributed by atoms with Gasteiger partial charge in [0, 0.05) is 46.0 Å². The number of aliphatic hydroxyl groups is 8. The van der Waals surface area contributed by atoms with E-state index in [2.05, 4.69) is 33.8 Å². The van der Waals surface area contributed by atoms with Gasteiger partial charge >= 0.3 is 0 Å². The van der Waals surface area contributed by atoms with Gasteiger partial charge in [0.2, 0.25) is 35.9 Å². The number of aromatic nitrogens is 4. The fraction of sp³-hybridized carbons (Fsp3) is 0.261. The minimum atomic E-state index is -1.87. The molecule has 0 fully saturated rings. The van der Waals surface area contributed by atoms with Crippen LogP contribution in [-0.2, 0) is 19.1 Å². The molecule has 64 heavy (non-hydrogen) atoms. The predicted molar refractivity (Wildman–Crippen MR) is 237 cm³/mol. The third kappa shape index (κ3) is 8.17. The lowest BCUT2D eigenvalue weighted by Gasteiger charge is -2.24. The number of ether oxygens (including phenoxy) is 2. The first-order valence-electron chi connectivity index (χ1n) is 20.1. The second-order valence-corrected chi connectivity index (χ2v) is 15.4. The van der Waals surface area contributed by atoms with Gasteiger partial charge in [-0.1, -0.05) is 25.3 Å². The second-order valence-electron chi connectivity index (χ2n) is 15.4. The molecule has 0 aromatic carbocycles. The maximum Gasteiger partial charge on any atom is 0.242 e. The maximum atomic E-state index is 13.4. The van der Waals surface area contributed by atoms with E-state index >= 15 is 0 Å². The first-order valence-corrected chi connectivity index (χ1v) is 20.1. The number of nitrogens with one attached hydrogen (secondary N) is 4. The van der Waals surface area contributed by atoms with Gasteiger partial charge in [0.1, 0.15) is 24.6 Å². The van der Waals surface area contributed by atoms with Gasteiger partial charge in [-0.25, -0.2) is 9.97 Å². The average Bonchev–Trinajstić information content (AvgIpc) is 3.93. The van der Waals surface area contributed by atoms with Crippen LogP contribution in [0.2, 0.25) is 0 Å². The highest BCUT2D eigenvalue weighted by molar-refractivity contribution is 5.97. The van der Waals surface area contributed by atoms with Crippen LogP contribution in [0.4, 0.5) is 0 Å². The summed E-state index contributed by atoms with van der Waals surface area (Å²) in [4.78, 5) is 43.9. The van der Waals surface area contributed by atoms with Crippen molar-refractivity contribution >= 4 is 68.3 Å². The van der Waals surface area contributed by atoms with Crippen LogP contribution < -0.4 is 10.6 Å². The van der Waals surface area contributed by atoms with Gasteiger partial charge < -0.3 is 70.9 Å². The molecule has 8 bridgehead atoms. The van der Waals surface area contributed by atoms with Gasteiger partial charge in [-0.3, -0.25) is 9.59 Å². The van der Waals surface area contributed by atoms with Gasteiger partial charge in [-0.05, 0) is 98.2 Å². The Morgan fingerprint density at radius 2 is 1.02 bits per heavy atom. The molecule has 7 heterocycles. The number of aryl methyl sites for hydroxylation is 2. The summed E-state index contributed by atoms with van der Waals surface area (Å²) >= 11 is 0. The van der Waals surface area contributed by atoms with Crippen molar-refractivity contribution in [3.05, 3.63) is 128 Å². The minimum absolute atomic E-state index is 0.101. The normalized spacial score (nSPS) is 17.8. The molecule has 12 N–H and O–H groups in total. The van der Waals surface area contributed by atoms with E-state index in [1.54, 1.807) is 18.2 Å². The summed E-state index contributed by atoms with van der Waals surface area (Å²) in [5.41, 5.74) is 10.5. The molecule has 7 rings (SSSR count). The van der Waals surface area contributed by atoms with E-state index in [9.17, 15) is 50.4 Å². The lowest BCUT2D eigenvalue weighted by atomic mass is 9.98. The molecule has 2 atom stereocenters. The summed E-state index contributed by atoms with van der Waals surface area (Å²) < 4.78 is 10.1. The molecular weight excluding hydrogens is 829 g/mol. The van der Waals surface area contributed by atoms with Crippen molar-refractivity contribution in [2.24, 2.45) is 0 Å². The van der Waals surface area contributed by atoms with Gasteiger partial charge in [0.05, 0.1) is 22.8 Å². The molecule has 18 heteroatoms. The molecule has 3 aromatic heterocycles. The standard InChI is InChI=1S/C46H48N6O12/c1-7-23-19(3)27-13-28-21(5)25(9-11-37(55)51-39-43(59)41(57)35(17-53)63-45(39)61)33(49-28)16-34-26(10-12-38(56)52-40-44(60)42(58)36(18-54)64-46(40)62)22(6)30(50-34)15-32-24(8-2)20(4)29(48-32)14-31(23)47-27/h7-8,13-16,45-48,53-54,57-62H,1-2,9-12,17-18H2,3-6H3,(H,51,55)(H,52,56). The molecular formula is C46H48N6O12. The van der Waals surface area contributed by atoms with Crippen LogP contribution in [-0.4, -0.2) is 98.4 Å². The lowest BCUT2D eigenvalue weighted by Crippen LogP contribution is -2.36. The van der Waals surface area contributed by atoms with Crippen LogP contribution >= 0.6 is 0 Å². The topological polar surface area (TPSA) is 296 Å². The molecule has 3 aromatic rings. The van der Waals surface area contributed by atoms with Crippen molar-refractivity contribution in [2.75, 3.05) is 13.2 Å². The number of carbonyl (C=O) groups is 2. The minimum Gasteiger partial charge on any atom is -0.503 e. The van der Waals surface area contributed by atoms with E-state index < -0.39 is 83.6 Å². The van der Waals surface area contributed by atoms with Crippen molar-refractivity contribution < 1.29 is 59.9 Å². The van der Waals surface area contributed by atoms with E-state index in [1.165, 1.54) is 0 Å². The summed E-state index contributed by atoms with van der Waals surface area (Å²) in [6.07, 6.45) is -0.378. The number of carbonyl (C=O) groups excluding carboxylic acids is 2. The summed E-state index contributed by atoms with van der Waals surface area (Å²) in [6, 6.07) is 7.53. The molecule has 0 radical (unpaired) electrons. The first-order chi connectivity index (χ1) is 30.5. The molecule has 2 unspecified atom stereocenters. The Hall–Kier alpha value is -7.38. The highest BCUT2D eigenvalue weighted by Gasteiger charge is 2.33. The number of hydrogen-bond acceptors (Lipinski definition) is 14. The molecule has 0 saturated heterocycles. The Balaban J connectivity index is 1.34. The predicted octanol–water partition coefficient (Wildman–Crippen LogP) is 5.63. The highest BCUT2D eigenvalue weighted by atomic mass is 16.6. The number of allylic oxidation sites excluding steroid dienone is 4. The van der Waals surface area contributed by atoms with Crippen LogP contribution in [0.1, 0.15) is 84.6 Å². The zero-order valence-electron chi connectivity index (χ0n) is 35.4. The third-order valence-corrected chi connectivity index (χ3v) is 11.6. The van der Waals surface area contributed by atoms with E-state index in [1.807, 2.05) is 45.9 Å². The highest BCUT2D eigenvalue weighted by Crippen LogP contribution is 2.39. The monoisotopic (exact) mass is 876 g/mol. The first kappa shape index (κ1) is 44.7. The SMILES string of the molecule is C=Cc1c(C)c2cc3[nH]c(cc4nc(cc5nc(cc1[nH]2)C(C)=C5CCC(=O)NC1=C(O)C(O)=C(CO)OC1O)C(CCC(=O)NC1=C(O)C(O)=C(CO)OC1O)=C4C)c(C)c3C=C. The molecule has 334 valence electrons. The Morgan fingerprint density at radius 1 is 0.625 bits per heavy atom. The molecule has 4 aliphatic rings. The van der Waals surface area contributed by atoms with Crippen LogP contribution in [0.3, 0.4) is 0 Å². The van der Waals surface area contributed by atoms with Crippen molar-refractivity contribution in [3.63, 3.8) is 0 Å². The fourth-order valence-electron chi connectivity index (χ4n) is 7.92. The summed E-state index contributed by atoms with van der Waals surface area (Å²) in [5, 5.41) is 85.8. The quantitative estimate of drug-likeness (QED) is 0.105. The van der Waals surface area contributed by atoms with Crippen LogP contribution in [0, 0.1) is 13.8 Å². The average molecular weight is 877 g/mol. The number of nitrogens with zero attached hydrogens (tertiary/aromatic N) is 2. The Bertz CT molecular complexity index is 2910. The molecule has 0 spiro atoms. The number of H-pyrrole nitrogens is 2. The molecule has 2 amide bonds. The zero-order chi connectivity index (χ0) is 46.3. The Morgan fingerprint density at radius 3 is 1.42 bits per heavy atom. The molecule has 18 nitrogen and oxygen atoms in total. The maximum absolute atomic E-state index is 13.4. The number of aromatic amines is 2. The van der Waals surface area contributed by atoms with E-state index in [4.69, 9.17) is 19.4 Å². The van der Waals surface area contributed by atoms with E-state index in [0.717, 1.165) is 55.5 Å². The molecule has 4 aliphatic heterocycles. The van der Waals surface area contributed by atoms with Gasteiger partial charge in [0.25, 0.3) is 0 Å². The van der Waals surface area contributed by atoms with Crippen molar-refractivity contribution in [1.82, 2.24) is 30.6 Å². The Kier molecular flexibility index (Phi) is 12.4. The van der Waals surface area contributed by atoms with Crippen molar-refractivity contribution in [1.29, 1.82) is 0 Å². The molecule has 0 aliphatic carbocycles. The van der Waals surface area contributed by atoms with Gasteiger partial charge in [0.15, 0.2) is 23.0 Å². The summed E-state index contributed by atoms with van der Waals surface area (Å²) in [5.74, 6) is -5.59. The Labute approximate surface area is 365 Å². The zero-order valence-corrected chi connectivity index (χ0v) is 35.4. The largest absolute Gasteiger partial charge is 0.503 e. The van der Waals surface area contributed by atoms with Crippen LogP contribution in [0.5, 0.6) is 0 Å². The van der Waals surface area contributed by atoms with Crippen molar-refractivity contribution in [3.8, 4) is 0 Å². The third-order valence-electron chi connectivity index (χ3n) is 11.6. The lowest BCUT2D eigenvalue weighted by molar-refractivity contribution is -0.123.